The van der Waals surface area contributed by atoms with E-state index in [1.807, 2.05) is 0 Å². The van der Waals surface area contributed by atoms with Crippen molar-refractivity contribution in [3.05, 3.63) is 0 Å². The number of carbonyl (C=O) groups is 2. The van der Waals surface area contributed by atoms with Gasteiger partial charge in [0.2, 0.25) is 0 Å². The average molecular weight is 218 g/mol. The molecule has 0 aromatic rings. The maximum absolute atomic E-state index is 11.4. The van der Waals surface area contributed by atoms with Crippen LogP contribution in [0.5, 0.6) is 0 Å². The Morgan fingerprint density at radius 3 is 1.73 bits per heavy atom. The van der Waals surface area contributed by atoms with Gasteiger partial charge < -0.3 is 9.68 Å². The van der Waals surface area contributed by atoms with Gasteiger partial charge in [0, 0.05) is 0 Å². The zero-order chi connectivity index (χ0) is 12.2. The van der Waals surface area contributed by atoms with Crippen LogP contribution in [0.25, 0.3) is 0 Å². The third kappa shape index (κ3) is 3.49. The van der Waals surface area contributed by atoms with E-state index >= 15 is 0 Å². The minimum absolute atomic E-state index is 0.468. The van der Waals surface area contributed by atoms with E-state index in [9.17, 15) is 9.59 Å². The molecule has 0 fully saturated rings. The third-order valence-corrected chi connectivity index (χ3v) is 2.29. The van der Waals surface area contributed by atoms with Crippen molar-refractivity contribution in [2.75, 3.05) is 0 Å². The van der Waals surface area contributed by atoms with Crippen molar-refractivity contribution >= 4 is 11.9 Å². The van der Waals surface area contributed by atoms with Crippen molar-refractivity contribution in [3.8, 4) is 0 Å². The zero-order valence-electron chi connectivity index (χ0n) is 9.44. The molecule has 2 atom stereocenters. The number of hydrogen-bond acceptors (Lipinski definition) is 6. The Labute approximate surface area is 88.8 Å². The molecular weight excluding hydrogens is 200 g/mol. The molecule has 0 bridgehead atoms. The molecule has 0 radical (unpaired) electrons. The molecule has 0 amide bonds. The van der Waals surface area contributed by atoms with Crippen LogP contribution in [0.2, 0.25) is 0 Å². The lowest BCUT2D eigenvalue weighted by Crippen LogP contribution is -2.40. The van der Waals surface area contributed by atoms with Gasteiger partial charge in [0.05, 0.1) is 11.8 Å². The summed E-state index contributed by atoms with van der Waals surface area (Å²) in [7, 11) is 0. The summed E-state index contributed by atoms with van der Waals surface area (Å²) >= 11 is 0. The Balaban J connectivity index is 4.95. The molecule has 0 spiro atoms. The number of rotatable bonds is 3. The summed E-state index contributed by atoms with van der Waals surface area (Å²) in [5.41, 5.74) is -0.468. The molecule has 6 heteroatoms. The van der Waals surface area contributed by atoms with E-state index in [1.165, 1.54) is 0 Å². The molecule has 0 rings (SSSR count). The van der Waals surface area contributed by atoms with Gasteiger partial charge in [0.15, 0.2) is 0 Å². The van der Waals surface area contributed by atoms with Gasteiger partial charge >= 0.3 is 11.9 Å². The van der Waals surface area contributed by atoms with Crippen LogP contribution in [0.3, 0.4) is 0 Å². The van der Waals surface area contributed by atoms with Crippen LogP contribution in [-0.2, 0) is 19.3 Å². The predicted molar refractivity (Wildman–Crippen MR) is 52.7 cm³/mol. The van der Waals surface area contributed by atoms with Crippen molar-refractivity contribution in [3.63, 3.8) is 0 Å². The highest BCUT2D eigenvalue weighted by atomic mass is 16.7. The Morgan fingerprint density at radius 1 is 1.07 bits per heavy atom. The van der Waals surface area contributed by atoms with E-state index in [1.54, 1.807) is 27.7 Å². The smallest absolute Gasteiger partial charge is 0.328 e. The second-order valence-corrected chi connectivity index (χ2v) is 4.51. The second-order valence-electron chi connectivity index (χ2n) is 4.51. The lowest BCUT2D eigenvalue weighted by Gasteiger charge is -2.30. The highest BCUT2D eigenvalue weighted by Gasteiger charge is 2.41. The molecule has 4 N–H and O–H groups in total. The van der Waals surface area contributed by atoms with Crippen LogP contribution in [0.4, 0.5) is 0 Å². The molecule has 88 valence electrons. The largest absolute Gasteiger partial charge is 0.373 e. The summed E-state index contributed by atoms with van der Waals surface area (Å²) in [4.78, 5) is 30.9. The number of carbonyl (C=O) groups excluding carboxylic acids is 2. The third-order valence-electron chi connectivity index (χ3n) is 2.29. The van der Waals surface area contributed by atoms with Crippen LogP contribution in [0.15, 0.2) is 0 Å². The van der Waals surface area contributed by atoms with Crippen molar-refractivity contribution in [2.24, 2.45) is 29.0 Å². The lowest BCUT2D eigenvalue weighted by molar-refractivity contribution is -0.165. The fourth-order valence-electron chi connectivity index (χ4n) is 1.62. The van der Waals surface area contributed by atoms with Gasteiger partial charge in [-0.2, -0.15) is 11.8 Å². The highest BCUT2D eigenvalue weighted by Crippen LogP contribution is 2.33. The van der Waals surface area contributed by atoms with E-state index in [0.717, 1.165) is 0 Å². The maximum Gasteiger partial charge on any atom is 0.328 e. The first-order valence-electron chi connectivity index (χ1n) is 4.56. The summed E-state index contributed by atoms with van der Waals surface area (Å²) in [6, 6.07) is 0. The zero-order valence-corrected chi connectivity index (χ0v) is 9.44. The molecule has 0 aromatic carbocycles. The van der Waals surface area contributed by atoms with E-state index in [2.05, 4.69) is 9.68 Å². The van der Waals surface area contributed by atoms with Gasteiger partial charge in [-0.25, -0.2) is 0 Å². The minimum Gasteiger partial charge on any atom is -0.373 e. The molecule has 0 heterocycles. The summed E-state index contributed by atoms with van der Waals surface area (Å²) in [5.74, 6) is 6.86. The van der Waals surface area contributed by atoms with Gasteiger partial charge in [-0.05, 0) is 5.41 Å². The summed E-state index contributed by atoms with van der Waals surface area (Å²) in [6.07, 6.45) is 0. The first-order chi connectivity index (χ1) is 6.75. The Morgan fingerprint density at radius 2 is 1.47 bits per heavy atom. The summed E-state index contributed by atoms with van der Waals surface area (Å²) in [6.45, 7) is 6.95. The Hall–Kier alpha value is -1.14. The average Bonchev–Trinajstić information content (AvgIpc) is 2.14. The first-order valence-corrected chi connectivity index (χ1v) is 4.56. The van der Waals surface area contributed by atoms with Crippen molar-refractivity contribution in [1.82, 2.24) is 0 Å². The lowest BCUT2D eigenvalue weighted by atomic mass is 9.74. The second kappa shape index (κ2) is 5.09. The van der Waals surface area contributed by atoms with E-state index < -0.39 is 29.2 Å². The highest BCUT2D eigenvalue weighted by molar-refractivity contribution is 5.82. The van der Waals surface area contributed by atoms with Gasteiger partial charge in [-0.3, -0.25) is 9.59 Å². The molecule has 0 aromatic heterocycles. The molecule has 0 saturated heterocycles. The van der Waals surface area contributed by atoms with E-state index in [0.29, 0.717) is 0 Å². The van der Waals surface area contributed by atoms with Crippen LogP contribution >= 0.6 is 0 Å². The van der Waals surface area contributed by atoms with Crippen molar-refractivity contribution in [2.45, 2.75) is 27.7 Å². The first kappa shape index (κ1) is 13.9. The standard InChI is InChI=1S/C9H18N2O4/c1-5(7(12)14-10)6(8(13)15-11)9(2,3)4/h5-6H,10-11H2,1-4H3. The van der Waals surface area contributed by atoms with Crippen molar-refractivity contribution in [1.29, 1.82) is 0 Å². The Bertz CT molecular complexity index is 247. The van der Waals surface area contributed by atoms with Crippen LogP contribution < -0.4 is 11.8 Å². The SMILES string of the molecule is CC(C(=O)ON)C(C(=O)ON)C(C)(C)C. The number of hydrogen-bond donors (Lipinski definition) is 2. The number of nitrogens with two attached hydrogens (primary N) is 2. The van der Waals surface area contributed by atoms with Crippen LogP contribution in [-0.4, -0.2) is 11.9 Å². The fraction of sp³-hybridized carbons (Fsp3) is 0.778. The van der Waals surface area contributed by atoms with Gasteiger partial charge in [0.25, 0.3) is 0 Å². The molecule has 0 aliphatic carbocycles. The molecule has 15 heavy (non-hydrogen) atoms. The van der Waals surface area contributed by atoms with Gasteiger partial charge in [-0.1, -0.05) is 27.7 Å². The van der Waals surface area contributed by atoms with Crippen molar-refractivity contribution < 1.29 is 19.3 Å². The molecule has 0 aliphatic rings. The monoisotopic (exact) mass is 218 g/mol. The molecule has 6 nitrogen and oxygen atoms in total. The fourth-order valence-corrected chi connectivity index (χ4v) is 1.62. The Kier molecular flexibility index (Phi) is 4.70. The molecule has 0 aliphatic heterocycles. The summed E-state index contributed by atoms with van der Waals surface area (Å²) in [5, 5.41) is 0. The van der Waals surface area contributed by atoms with E-state index in [-0.39, 0.29) is 0 Å². The quantitative estimate of drug-likeness (QED) is 0.652. The van der Waals surface area contributed by atoms with E-state index in [4.69, 9.17) is 11.8 Å². The normalized spacial score (nSPS) is 15.3. The van der Waals surface area contributed by atoms with Crippen LogP contribution in [0.1, 0.15) is 27.7 Å². The van der Waals surface area contributed by atoms with Gasteiger partial charge in [0.1, 0.15) is 0 Å². The molecular formula is C9H18N2O4. The minimum atomic E-state index is -0.703. The molecule has 0 saturated carbocycles. The topological polar surface area (TPSA) is 105 Å². The molecule has 2 unspecified atom stereocenters. The maximum atomic E-state index is 11.4. The van der Waals surface area contributed by atoms with Crippen LogP contribution in [0, 0.1) is 17.3 Å². The predicted octanol–water partition coefficient (Wildman–Crippen LogP) is 0.119. The summed E-state index contributed by atoms with van der Waals surface area (Å²) < 4.78 is 0. The van der Waals surface area contributed by atoms with Gasteiger partial charge in [-0.15, -0.1) is 0 Å².